The van der Waals surface area contributed by atoms with E-state index in [1.807, 2.05) is 30.3 Å². The molecule has 0 heterocycles. The van der Waals surface area contributed by atoms with Gasteiger partial charge >= 0.3 is 0 Å². The van der Waals surface area contributed by atoms with Crippen molar-refractivity contribution in [2.45, 2.75) is 0 Å². The van der Waals surface area contributed by atoms with Gasteiger partial charge in [0.05, 0.1) is 18.7 Å². The Morgan fingerprint density at radius 1 is 1.05 bits per heavy atom. The molecule has 0 unspecified atom stereocenters. The molecular formula is C16H14N3O3-. The molecule has 6 nitrogen and oxygen atoms in total. The highest BCUT2D eigenvalue weighted by atomic mass is 16.4. The molecule has 0 aliphatic heterocycles. The molecule has 0 aromatic heterocycles. The van der Waals surface area contributed by atoms with E-state index in [2.05, 4.69) is 15.8 Å². The fourth-order valence-electron chi connectivity index (χ4n) is 1.66. The lowest BCUT2D eigenvalue weighted by molar-refractivity contribution is -0.255. The zero-order valence-electron chi connectivity index (χ0n) is 11.7. The van der Waals surface area contributed by atoms with E-state index in [0.717, 1.165) is 5.69 Å². The second-order valence-corrected chi connectivity index (χ2v) is 4.42. The molecule has 0 aliphatic rings. The van der Waals surface area contributed by atoms with Gasteiger partial charge < -0.3 is 15.2 Å². The van der Waals surface area contributed by atoms with Crippen LogP contribution in [0.3, 0.4) is 0 Å². The fraction of sp³-hybridized carbons (Fsp3) is 0.0625. The molecule has 22 heavy (non-hydrogen) atoms. The number of carbonyl (C=O) groups excluding carboxylic acids is 2. The number of para-hydroxylation sites is 1. The lowest BCUT2D eigenvalue weighted by atomic mass is 10.1. The van der Waals surface area contributed by atoms with Crippen molar-refractivity contribution in [3.63, 3.8) is 0 Å². The molecule has 2 rings (SSSR count). The molecule has 0 bridgehead atoms. The van der Waals surface area contributed by atoms with Crippen LogP contribution in [0.15, 0.2) is 59.7 Å². The van der Waals surface area contributed by atoms with Crippen LogP contribution in [-0.2, 0) is 4.79 Å². The van der Waals surface area contributed by atoms with Gasteiger partial charge in [-0.05, 0) is 23.3 Å². The van der Waals surface area contributed by atoms with Gasteiger partial charge in [0.2, 0.25) is 0 Å². The summed E-state index contributed by atoms with van der Waals surface area (Å²) in [6, 6.07) is 15.3. The van der Waals surface area contributed by atoms with Gasteiger partial charge in [0.15, 0.2) is 0 Å². The average molecular weight is 296 g/mol. The molecule has 2 N–H and O–H groups in total. The zero-order valence-corrected chi connectivity index (χ0v) is 11.7. The summed E-state index contributed by atoms with van der Waals surface area (Å²) < 4.78 is 0. The van der Waals surface area contributed by atoms with Crippen molar-refractivity contribution in [2.75, 3.05) is 11.9 Å². The number of anilines is 1. The summed E-state index contributed by atoms with van der Waals surface area (Å²) in [4.78, 5) is 22.2. The first kappa shape index (κ1) is 15.2. The summed E-state index contributed by atoms with van der Waals surface area (Å²) in [7, 11) is 0. The molecular weight excluding hydrogens is 282 g/mol. The van der Waals surface area contributed by atoms with E-state index in [1.54, 1.807) is 12.1 Å². The van der Waals surface area contributed by atoms with Crippen molar-refractivity contribution in [1.29, 1.82) is 0 Å². The first-order chi connectivity index (χ1) is 10.6. The van der Waals surface area contributed by atoms with Crippen molar-refractivity contribution in [3.05, 3.63) is 65.7 Å². The highest BCUT2D eigenvalue weighted by Gasteiger charge is 1.98. The minimum absolute atomic E-state index is 0.0910. The maximum Gasteiger partial charge on any atom is 0.259 e. The summed E-state index contributed by atoms with van der Waals surface area (Å²) in [6.45, 7) is 0.102. The SMILES string of the molecule is O=C(CNc1ccccc1)N/N=C\c1ccc(C(=O)[O-])cc1. The molecule has 0 spiro atoms. The van der Waals surface area contributed by atoms with Crippen molar-refractivity contribution >= 4 is 23.8 Å². The van der Waals surface area contributed by atoms with Crippen LogP contribution in [0.2, 0.25) is 0 Å². The monoisotopic (exact) mass is 296 g/mol. The third-order valence-electron chi connectivity index (χ3n) is 2.78. The van der Waals surface area contributed by atoms with Crippen molar-refractivity contribution in [2.24, 2.45) is 5.10 Å². The largest absolute Gasteiger partial charge is 0.545 e. The van der Waals surface area contributed by atoms with E-state index in [9.17, 15) is 14.7 Å². The van der Waals surface area contributed by atoms with E-state index in [1.165, 1.54) is 18.3 Å². The predicted octanol–water partition coefficient (Wildman–Crippen LogP) is 0.612. The molecule has 6 heteroatoms. The fourth-order valence-corrected chi connectivity index (χ4v) is 1.66. The minimum Gasteiger partial charge on any atom is -0.545 e. The smallest absolute Gasteiger partial charge is 0.259 e. The van der Waals surface area contributed by atoms with E-state index in [-0.39, 0.29) is 18.0 Å². The third-order valence-corrected chi connectivity index (χ3v) is 2.78. The predicted molar refractivity (Wildman–Crippen MR) is 81.4 cm³/mol. The molecule has 1 amide bonds. The average Bonchev–Trinajstić information content (AvgIpc) is 2.54. The lowest BCUT2D eigenvalue weighted by Crippen LogP contribution is -2.25. The van der Waals surface area contributed by atoms with Gasteiger partial charge in [-0.25, -0.2) is 5.43 Å². The summed E-state index contributed by atoms with van der Waals surface area (Å²) in [6.07, 6.45) is 1.43. The molecule has 2 aromatic rings. The number of hydrazone groups is 1. The third kappa shape index (κ3) is 4.75. The van der Waals surface area contributed by atoms with Crippen molar-refractivity contribution < 1.29 is 14.7 Å². The number of carbonyl (C=O) groups is 2. The molecule has 112 valence electrons. The topological polar surface area (TPSA) is 93.6 Å². The maximum absolute atomic E-state index is 11.6. The Balaban J connectivity index is 1.79. The van der Waals surface area contributed by atoms with E-state index in [4.69, 9.17) is 0 Å². The first-order valence-corrected chi connectivity index (χ1v) is 6.57. The van der Waals surface area contributed by atoms with Crippen LogP contribution in [-0.4, -0.2) is 24.6 Å². The lowest BCUT2D eigenvalue weighted by Gasteiger charge is -2.04. The second kappa shape index (κ2) is 7.58. The number of rotatable bonds is 6. The molecule has 0 saturated heterocycles. The molecule has 0 aliphatic carbocycles. The number of nitrogens with zero attached hydrogens (tertiary/aromatic N) is 1. The van der Waals surface area contributed by atoms with Gasteiger partial charge in [0.25, 0.3) is 5.91 Å². The van der Waals surface area contributed by atoms with E-state index < -0.39 is 5.97 Å². The van der Waals surface area contributed by atoms with Crippen LogP contribution in [0.25, 0.3) is 0 Å². The number of benzene rings is 2. The van der Waals surface area contributed by atoms with Crippen molar-refractivity contribution in [3.8, 4) is 0 Å². The standard InChI is InChI=1S/C16H15N3O3/c20-15(11-17-14-4-2-1-3-5-14)19-18-10-12-6-8-13(9-7-12)16(21)22/h1-10,17H,11H2,(H,19,20)(H,21,22)/p-1/b18-10-. The molecule has 0 saturated carbocycles. The van der Waals surface area contributed by atoms with Gasteiger partial charge in [-0.15, -0.1) is 0 Å². The normalized spacial score (nSPS) is 10.4. The van der Waals surface area contributed by atoms with Gasteiger partial charge in [-0.3, -0.25) is 4.79 Å². The number of nitrogens with one attached hydrogen (secondary N) is 2. The Hall–Kier alpha value is -3.15. The van der Waals surface area contributed by atoms with Crippen molar-refractivity contribution in [1.82, 2.24) is 5.43 Å². The summed E-state index contributed by atoms with van der Waals surface area (Å²) in [5.41, 5.74) is 3.98. The number of carboxylic acid groups (broad SMARTS) is 1. The van der Waals surface area contributed by atoms with Gasteiger partial charge in [0, 0.05) is 5.69 Å². The number of hydrogen-bond donors (Lipinski definition) is 2. The summed E-state index contributed by atoms with van der Waals surface area (Å²) in [5.74, 6) is -1.52. The zero-order chi connectivity index (χ0) is 15.8. The molecule has 2 aromatic carbocycles. The van der Waals surface area contributed by atoms with Crippen LogP contribution in [0.1, 0.15) is 15.9 Å². The quantitative estimate of drug-likeness (QED) is 0.603. The number of amides is 1. The Morgan fingerprint density at radius 3 is 2.36 bits per heavy atom. The highest BCUT2D eigenvalue weighted by molar-refractivity contribution is 5.88. The van der Waals surface area contributed by atoms with Gasteiger partial charge in [0.1, 0.15) is 0 Å². The van der Waals surface area contributed by atoms with Crippen LogP contribution < -0.4 is 15.8 Å². The first-order valence-electron chi connectivity index (χ1n) is 6.57. The molecule has 0 radical (unpaired) electrons. The Bertz CT molecular complexity index is 667. The summed E-state index contributed by atoms with van der Waals surface area (Å²) in [5, 5.41) is 17.4. The minimum atomic E-state index is -1.23. The van der Waals surface area contributed by atoms with Crippen LogP contribution in [0.5, 0.6) is 0 Å². The highest BCUT2D eigenvalue weighted by Crippen LogP contribution is 2.03. The number of aromatic carboxylic acids is 1. The number of hydrogen-bond acceptors (Lipinski definition) is 5. The van der Waals surface area contributed by atoms with Crippen LogP contribution >= 0.6 is 0 Å². The van der Waals surface area contributed by atoms with Gasteiger partial charge in [-0.1, -0.05) is 42.5 Å². The molecule has 0 fully saturated rings. The number of carboxylic acids is 1. The maximum atomic E-state index is 11.6. The van der Waals surface area contributed by atoms with E-state index in [0.29, 0.717) is 5.56 Å². The Kier molecular flexibility index (Phi) is 5.25. The van der Waals surface area contributed by atoms with Gasteiger partial charge in [-0.2, -0.15) is 5.10 Å². The van der Waals surface area contributed by atoms with Crippen LogP contribution in [0, 0.1) is 0 Å². The van der Waals surface area contributed by atoms with E-state index >= 15 is 0 Å². The summed E-state index contributed by atoms with van der Waals surface area (Å²) >= 11 is 0. The van der Waals surface area contributed by atoms with Crippen LogP contribution in [0.4, 0.5) is 5.69 Å². The molecule has 0 atom stereocenters. The second-order valence-electron chi connectivity index (χ2n) is 4.42. The Labute approximate surface area is 127 Å². The Morgan fingerprint density at radius 2 is 1.73 bits per heavy atom.